The number of nitro groups is 1. The first kappa shape index (κ1) is 20.1. The monoisotopic (exact) mass is 393 g/mol. The van der Waals surface area contributed by atoms with Gasteiger partial charge >= 0.3 is 6.03 Å². The van der Waals surface area contributed by atoms with Gasteiger partial charge in [0.1, 0.15) is 5.82 Å². The highest BCUT2D eigenvalue weighted by atomic mass is 16.6. The Kier molecular flexibility index (Phi) is 5.36. The van der Waals surface area contributed by atoms with Crippen LogP contribution >= 0.6 is 0 Å². The molecule has 3 aromatic rings. The van der Waals surface area contributed by atoms with Gasteiger partial charge in [-0.1, -0.05) is 38.5 Å². The first-order chi connectivity index (χ1) is 13.6. The average molecular weight is 393 g/mol. The lowest BCUT2D eigenvalue weighted by molar-refractivity contribution is -0.384. The fraction of sp³-hybridized carbons (Fsp3) is 0.238. The normalized spacial score (nSPS) is 11.2. The Bertz CT molecular complexity index is 1030. The van der Waals surface area contributed by atoms with Crippen LogP contribution in [0.15, 0.2) is 54.6 Å². The molecule has 2 amide bonds. The quantitative estimate of drug-likeness (QED) is 0.479. The predicted molar refractivity (Wildman–Crippen MR) is 113 cm³/mol. The van der Waals surface area contributed by atoms with E-state index >= 15 is 0 Å². The van der Waals surface area contributed by atoms with Crippen LogP contribution in [0.4, 0.5) is 22.0 Å². The fourth-order valence-corrected chi connectivity index (χ4v) is 2.66. The third kappa shape index (κ3) is 4.78. The summed E-state index contributed by atoms with van der Waals surface area (Å²) in [5.74, 6) is 0.526. The van der Waals surface area contributed by atoms with Crippen molar-refractivity contribution in [1.29, 1.82) is 0 Å². The molecule has 0 saturated heterocycles. The third-order valence-corrected chi connectivity index (χ3v) is 4.33. The molecule has 0 aliphatic carbocycles. The predicted octanol–water partition coefficient (Wildman–Crippen LogP) is 5.03. The number of nitrogens with zero attached hydrogens (tertiary/aromatic N) is 3. The van der Waals surface area contributed by atoms with Crippen LogP contribution < -0.4 is 10.6 Å². The summed E-state index contributed by atoms with van der Waals surface area (Å²) in [4.78, 5) is 22.8. The number of nitrogens with one attached hydrogen (secondary N) is 2. The molecule has 29 heavy (non-hydrogen) atoms. The number of anilines is 2. The Hall–Kier alpha value is -3.68. The molecule has 8 nitrogen and oxygen atoms in total. The van der Waals surface area contributed by atoms with Gasteiger partial charge in [-0.25, -0.2) is 9.48 Å². The molecule has 2 N–H and O–H groups in total. The molecule has 3 rings (SSSR count). The van der Waals surface area contributed by atoms with Crippen molar-refractivity contribution in [2.75, 3.05) is 10.6 Å². The highest BCUT2D eigenvalue weighted by Gasteiger charge is 2.21. The maximum Gasteiger partial charge on any atom is 0.324 e. The van der Waals surface area contributed by atoms with Gasteiger partial charge in [0.15, 0.2) is 0 Å². The van der Waals surface area contributed by atoms with Gasteiger partial charge in [-0.05, 0) is 31.2 Å². The summed E-state index contributed by atoms with van der Waals surface area (Å²) >= 11 is 0. The van der Waals surface area contributed by atoms with E-state index in [9.17, 15) is 14.9 Å². The molecule has 0 aliphatic heterocycles. The summed E-state index contributed by atoms with van der Waals surface area (Å²) < 4.78 is 1.69. The lowest BCUT2D eigenvalue weighted by Crippen LogP contribution is -2.21. The molecule has 1 aromatic heterocycles. The first-order valence-corrected chi connectivity index (χ1v) is 9.13. The van der Waals surface area contributed by atoms with Crippen molar-refractivity contribution in [3.63, 3.8) is 0 Å². The number of carbonyl (C=O) groups is 1. The minimum absolute atomic E-state index is 0.0387. The van der Waals surface area contributed by atoms with Crippen molar-refractivity contribution in [2.45, 2.75) is 33.1 Å². The van der Waals surface area contributed by atoms with Gasteiger partial charge in [-0.3, -0.25) is 15.4 Å². The van der Waals surface area contributed by atoms with E-state index in [2.05, 4.69) is 36.5 Å². The number of aromatic nitrogens is 2. The van der Waals surface area contributed by atoms with E-state index in [-0.39, 0.29) is 11.1 Å². The molecule has 1 heterocycles. The Morgan fingerprint density at radius 3 is 2.21 bits per heavy atom. The Balaban J connectivity index is 1.85. The fourth-order valence-electron chi connectivity index (χ4n) is 2.66. The van der Waals surface area contributed by atoms with Gasteiger partial charge < -0.3 is 5.32 Å². The van der Waals surface area contributed by atoms with Crippen LogP contribution in [0.3, 0.4) is 0 Å². The van der Waals surface area contributed by atoms with Gasteiger partial charge in [0, 0.05) is 29.3 Å². The Morgan fingerprint density at radius 1 is 1.03 bits per heavy atom. The van der Waals surface area contributed by atoms with E-state index in [4.69, 9.17) is 0 Å². The minimum Gasteiger partial charge on any atom is -0.308 e. The number of nitro benzene ring substituents is 1. The largest absolute Gasteiger partial charge is 0.324 e. The molecule has 0 aliphatic rings. The molecule has 0 saturated carbocycles. The summed E-state index contributed by atoms with van der Waals surface area (Å²) in [6, 6.07) is 14.9. The molecule has 0 radical (unpaired) electrons. The van der Waals surface area contributed by atoms with Crippen molar-refractivity contribution < 1.29 is 9.72 Å². The van der Waals surface area contributed by atoms with Crippen molar-refractivity contribution >= 4 is 23.2 Å². The number of hydrogen-bond donors (Lipinski definition) is 2. The van der Waals surface area contributed by atoms with Gasteiger partial charge in [0.25, 0.3) is 5.69 Å². The molecule has 8 heteroatoms. The number of carbonyl (C=O) groups excluding carboxylic acids is 1. The van der Waals surface area contributed by atoms with Crippen molar-refractivity contribution in [2.24, 2.45) is 0 Å². The number of urea groups is 1. The number of benzene rings is 2. The van der Waals surface area contributed by atoms with Gasteiger partial charge in [0.2, 0.25) is 0 Å². The summed E-state index contributed by atoms with van der Waals surface area (Å²) in [6.45, 7) is 8.16. The van der Waals surface area contributed by atoms with Gasteiger partial charge in [0.05, 0.1) is 16.3 Å². The zero-order valence-electron chi connectivity index (χ0n) is 16.8. The van der Waals surface area contributed by atoms with Crippen LogP contribution in [-0.2, 0) is 5.41 Å². The zero-order chi connectivity index (χ0) is 21.2. The lowest BCUT2D eigenvalue weighted by atomic mass is 9.92. The van der Waals surface area contributed by atoms with Crippen LogP contribution in [-0.4, -0.2) is 20.7 Å². The van der Waals surface area contributed by atoms with E-state index in [1.165, 1.54) is 24.3 Å². The summed E-state index contributed by atoms with van der Waals surface area (Å²) in [6.07, 6.45) is 0. The van der Waals surface area contributed by atoms with Crippen molar-refractivity contribution in [3.8, 4) is 5.69 Å². The summed E-state index contributed by atoms with van der Waals surface area (Å²) in [5, 5.41) is 20.9. The summed E-state index contributed by atoms with van der Waals surface area (Å²) in [7, 11) is 0. The average Bonchev–Trinajstić information content (AvgIpc) is 3.07. The molecule has 0 unspecified atom stereocenters. The van der Waals surface area contributed by atoms with E-state index in [0.29, 0.717) is 11.5 Å². The van der Waals surface area contributed by atoms with E-state index in [1.54, 1.807) is 4.68 Å². The standard InChI is InChI=1S/C21H23N5O3/c1-14-5-9-16(10-6-14)25-19(13-18(24-25)21(2,3)4)23-20(27)22-15-7-11-17(12-8-15)26(28)29/h5-13H,1-4H3,(H2,22,23,27). The van der Waals surface area contributed by atoms with Crippen LogP contribution in [0.1, 0.15) is 32.0 Å². The van der Waals surface area contributed by atoms with Crippen molar-refractivity contribution in [3.05, 3.63) is 76.0 Å². The summed E-state index contributed by atoms with van der Waals surface area (Å²) in [5.41, 5.74) is 3.01. The molecule has 0 fully saturated rings. The topological polar surface area (TPSA) is 102 Å². The second kappa shape index (κ2) is 7.75. The van der Waals surface area contributed by atoms with Crippen LogP contribution in [0.25, 0.3) is 5.69 Å². The molecule has 2 aromatic carbocycles. The maximum atomic E-state index is 12.5. The lowest BCUT2D eigenvalue weighted by Gasteiger charge is -2.14. The third-order valence-electron chi connectivity index (χ3n) is 4.33. The van der Waals surface area contributed by atoms with Crippen LogP contribution in [0, 0.1) is 17.0 Å². The molecule has 0 bridgehead atoms. The molecule has 0 spiro atoms. The number of non-ortho nitro benzene ring substituents is 1. The molecule has 0 atom stereocenters. The molecular formula is C21H23N5O3. The SMILES string of the molecule is Cc1ccc(-n2nc(C(C)(C)C)cc2NC(=O)Nc2ccc([N+](=O)[O-])cc2)cc1. The first-order valence-electron chi connectivity index (χ1n) is 9.13. The maximum absolute atomic E-state index is 12.5. The smallest absolute Gasteiger partial charge is 0.308 e. The Morgan fingerprint density at radius 2 is 1.66 bits per heavy atom. The molecular weight excluding hydrogens is 370 g/mol. The second-order valence-electron chi connectivity index (χ2n) is 7.80. The van der Waals surface area contributed by atoms with Gasteiger partial charge in [-0.15, -0.1) is 0 Å². The highest BCUT2D eigenvalue weighted by Crippen LogP contribution is 2.26. The van der Waals surface area contributed by atoms with Crippen LogP contribution in [0.5, 0.6) is 0 Å². The zero-order valence-corrected chi connectivity index (χ0v) is 16.8. The van der Waals surface area contributed by atoms with Crippen LogP contribution in [0.2, 0.25) is 0 Å². The van der Waals surface area contributed by atoms with Crippen molar-refractivity contribution in [1.82, 2.24) is 9.78 Å². The number of amides is 2. The van der Waals surface area contributed by atoms with Gasteiger partial charge in [-0.2, -0.15) is 5.10 Å². The number of aryl methyl sites for hydroxylation is 1. The number of hydrogen-bond acceptors (Lipinski definition) is 4. The Labute approximate surface area is 168 Å². The highest BCUT2D eigenvalue weighted by molar-refractivity contribution is 5.99. The van der Waals surface area contributed by atoms with E-state index in [0.717, 1.165) is 16.9 Å². The number of rotatable bonds is 4. The minimum atomic E-state index is -0.488. The van der Waals surface area contributed by atoms with E-state index < -0.39 is 11.0 Å². The van der Waals surface area contributed by atoms with E-state index in [1.807, 2.05) is 37.3 Å². The second-order valence-corrected chi connectivity index (χ2v) is 7.80. The molecule has 150 valence electrons.